The molecule has 0 spiro atoms. The van der Waals surface area contributed by atoms with Crippen LogP contribution in [0.2, 0.25) is 0 Å². The standard InChI is InChI=1S/C14H28N2O/c1-12-5-3-7-14(15,9-12)11-16-8-4-6-13(10-16)17-2/h12-13H,3-11,15H2,1-2H3. The largest absolute Gasteiger partial charge is 0.380 e. The van der Waals surface area contributed by atoms with Crippen LogP contribution in [0.3, 0.4) is 0 Å². The highest BCUT2D eigenvalue weighted by Crippen LogP contribution is 2.31. The Kier molecular flexibility index (Phi) is 4.45. The first-order chi connectivity index (χ1) is 8.11. The summed E-state index contributed by atoms with van der Waals surface area (Å²) < 4.78 is 5.48. The average Bonchev–Trinajstić information content (AvgIpc) is 2.28. The van der Waals surface area contributed by atoms with Crippen LogP contribution in [-0.4, -0.2) is 43.3 Å². The van der Waals surface area contributed by atoms with Crippen LogP contribution in [0.4, 0.5) is 0 Å². The quantitative estimate of drug-likeness (QED) is 0.820. The molecule has 2 N–H and O–H groups in total. The van der Waals surface area contributed by atoms with Crippen molar-refractivity contribution in [2.24, 2.45) is 11.7 Å². The molecule has 1 saturated carbocycles. The molecule has 3 nitrogen and oxygen atoms in total. The number of methoxy groups -OCH3 is 1. The minimum Gasteiger partial charge on any atom is -0.380 e. The maximum Gasteiger partial charge on any atom is 0.0698 e. The molecule has 0 aromatic heterocycles. The van der Waals surface area contributed by atoms with Crippen molar-refractivity contribution in [1.29, 1.82) is 0 Å². The minimum atomic E-state index is 0.0628. The highest BCUT2D eigenvalue weighted by molar-refractivity contribution is 4.93. The summed E-state index contributed by atoms with van der Waals surface area (Å²) >= 11 is 0. The molecule has 100 valence electrons. The number of hydrogen-bond acceptors (Lipinski definition) is 3. The molecule has 0 amide bonds. The third kappa shape index (κ3) is 3.67. The van der Waals surface area contributed by atoms with Crippen LogP contribution in [0.25, 0.3) is 0 Å². The molecule has 3 unspecified atom stereocenters. The van der Waals surface area contributed by atoms with Crippen LogP contribution in [0.15, 0.2) is 0 Å². The van der Waals surface area contributed by atoms with Gasteiger partial charge in [0, 0.05) is 25.7 Å². The van der Waals surface area contributed by atoms with Gasteiger partial charge in [0.05, 0.1) is 6.10 Å². The molecule has 0 aromatic carbocycles. The highest BCUT2D eigenvalue weighted by Gasteiger charge is 2.34. The molecule has 1 heterocycles. The van der Waals surface area contributed by atoms with Crippen molar-refractivity contribution < 1.29 is 4.74 Å². The molecule has 3 atom stereocenters. The Morgan fingerprint density at radius 3 is 2.88 bits per heavy atom. The van der Waals surface area contributed by atoms with Gasteiger partial charge in [-0.2, -0.15) is 0 Å². The molecule has 0 radical (unpaired) electrons. The first-order valence-electron chi connectivity index (χ1n) is 7.15. The monoisotopic (exact) mass is 240 g/mol. The number of rotatable bonds is 3. The Hall–Kier alpha value is -0.120. The van der Waals surface area contributed by atoms with Crippen LogP contribution in [-0.2, 0) is 4.74 Å². The highest BCUT2D eigenvalue weighted by atomic mass is 16.5. The Labute approximate surface area is 106 Å². The van der Waals surface area contributed by atoms with Crippen molar-refractivity contribution in [3.63, 3.8) is 0 Å². The van der Waals surface area contributed by atoms with E-state index in [4.69, 9.17) is 10.5 Å². The van der Waals surface area contributed by atoms with Crippen molar-refractivity contribution in [2.45, 2.75) is 57.1 Å². The molecule has 2 fully saturated rings. The van der Waals surface area contributed by atoms with Gasteiger partial charge in [0.1, 0.15) is 0 Å². The van der Waals surface area contributed by atoms with Gasteiger partial charge in [-0.3, -0.25) is 4.90 Å². The summed E-state index contributed by atoms with van der Waals surface area (Å²) in [5.74, 6) is 0.803. The Balaban J connectivity index is 1.86. The van der Waals surface area contributed by atoms with E-state index in [1.165, 1.54) is 45.1 Å². The van der Waals surface area contributed by atoms with E-state index in [1.54, 1.807) is 0 Å². The Morgan fingerprint density at radius 2 is 2.18 bits per heavy atom. The van der Waals surface area contributed by atoms with Crippen molar-refractivity contribution in [2.75, 3.05) is 26.7 Å². The van der Waals surface area contributed by atoms with Crippen molar-refractivity contribution in [1.82, 2.24) is 4.90 Å². The van der Waals surface area contributed by atoms with Crippen molar-refractivity contribution in [3.05, 3.63) is 0 Å². The smallest absolute Gasteiger partial charge is 0.0698 e. The van der Waals surface area contributed by atoms with E-state index in [1.807, 2.05) is 7.11 Å². The van der Waals surface area contributed by atoms with Gasteiger partial charge in [-0.25, -0.2) is 0 Å². The number of likely N-dealkylation sites (tertiary alicyclic amines) is 1. The number of piperidine rings is 1. The van der Waals surface area contributed by atoms with Crippen molar-refractivity contribution >= 4 is 0 Å². The maximum absolute atomic E-state index is 6.58. The fourth-order valence-electron chi connectivity index (χ4n) is 3.64. The molecule has 17 heavy (non-hydrogen) atoms. The van der Waals surface area contributed by atoms with E-state index in [-0.39, 0.29) is 5.54 Å². The van der Waals surface area contributed by atoms with E-state index < -0.39 is 0 Å². The topological polar surface area (TPSA) is 38.5 Å². The predicted octanol–water partition coefficient (Wildman–Crippen LogP) is 2.00. The van der Waals surface area contributed by atoms with E-state index >= 15 is 0 Å². The van der Waals surface area contributed by atoms with E-state index in [9.17, 15) is 0 Å². The van der Waals surface area contributed by atoms with Gasteiger partial charge in [0.15, 0.2) is 0 Å². The molecule has 2 rings (SSSR count). The summed E-state index contributed by atoms with van der Waals surface area (Å²) in [6.07, 6.45) is 7.95. The summed E-state index contributed by atoms with van der Waals surface area (Å²) in [5.41, 5.74) is 6.65. The second-order valence-electron chi connectivity index (χ2n) is 6.30. The molecule has 3 heteroatoms. The predicted molar refractivity (Wildman–Crippen MR) is 71.0 cm³/mol. The molecule has 1 aliphatic heterocycles. The number of hydrogen-bond donors (Lipinski definition) is 1. The molecular formula is C14H28N2O. The van der Waals surface area contributed by atoms with Crippen LogP contribution >= 0.6 is 0 Å². The molecular weight excluding hydrogens is 212 g/mol. The van der Waals surface area contributed by atoms with Crippen LogP contribution in [0, 0.1) is 5.92 Å². The third-order valence-corrected chi connectivity index (χ3v) is 4.46. The average molecular weight is 240 g/mol. The lowest BCUT2D eigenvalue weighted by molar-refractivity contribution is 0.0184. The molecule has 1 saturated heterocycles. The second kappa shape index (κ2) is 5.68. The van der Waals surface area contributed by atoms with E-state index in [0.29, 0.717) is 6.10 Å². The summed E-state index contributed by atoms with van der Waals surface area (Å²) in [7, 11) is 1.83. The fraction of sp³-hybridized carbons (Fsp3) is 1.00. The van der Waals surface area contributed by atoms with Crippen molar-refractivity contribution in [3.8, 4) is 0 Å². The van der Waals surface area contributed by atoms with Gasteiger partial charge in [0.2, 0.25) is 0 Å². The molecule has 2 aliphatic rings. The summed E-state index contributed by atoms with van der Waals surface area (Å²) in [4.78, 5) is 2.52. The maximum atomic E-state index is 6.58. The zero-order valence-corrected chi connectivity index (χ0v) is 11.5. The van der Waals surface area contributed by atoms with Gasteiger partial charge in [-0.1, -0.05) is 19.8 Å². The second-order valence-corrected chi connectivity index (χ2v) is 6.30. The zero-order valence-electron chi connectivity index (χ0n) is 11.5. The minimum absolute atomic E-state index is 0.0628. The number of nitrogens with zero attached hydrogens (tertiary/aromatic N) is 1. The lowest BCUT2D eigenvalue weighted by Gasteiger charge is -2.42. The third-order valence-electron chi connectivity index (χ3n) is 4.46. The van der Waals surface area contributed by atoms with Crippen LogP contribution < -0.4 is 5.73 Å². The first-order valence-corrected chi connectivity index (χ1v) is 7.15. The molecule has 0 aromatic rings. The SMILES string of the molecule is COC1CCCN(CC2(N)CCCC(C)C2)C1. The Morgan fingerprint density at radius 1 is 1.35 bits per heavy atom. The van der Waals surface area contributed by atoms with Gasteiger partial charge < -0.3 is 10.5 Å². The lowest BCUT2D eigenvalue weighted by Crippen LogP contribution is -2.55. The Bertz CT molecular complexity index is 246. The lowest BCUT2D eigenvalue weighted by atomic mass is 9.76. The van der Waals surface area contributed by atoms with Gasteiger partial charge >= 0.3 is 0 Å². The number of ether oxygens (including phenoxy) is 1. The summed E-state index contributed by atoms with van der Waals surface area (Å²) in [5, 5.41) is 0. The van der Waals surface area contributed by atoms with Gasteiger partial charge in [0.25, 0.3) is 0 Å². The summed E-state index contributed by atoms with van der Waals surface area (Å²) in [6.45, 7) is 5.68. The van der Waals surface area contributed by atoms with E-state index in [0.717, 1.165) is 19.0 Å². The van der Waals surface area contributed by atoms with Gasteiger partial charge in [-0.15, -0.1) is 0 Å². The number of nitrogens with two attached hydrogens (primary N) is 1. The first kappa shape index (κ1) is 13.3. The normalized spacial score (nSPS) is 40.4. The molecule has 0 bridgehead atoms. The fourth-order valence-corrected chi connectivity index (χ4v) is 3.64. The van der Waals surface area contributed by atoms with Gasteiger partial charge in [-0.05, 0) is 38.1 Å². The van der Waals surface area contributed by atoms with Crippen LogP contribution in [0.5, 0.6) is 0 Å². The zero-order chi connectivity index (χ0) is 12.3. The van der Waals surface area contributed by atoms with E-state index in [2.05, 4.69) is 11.8 Å². The summed E-state index contributed by atoms with van der Waals surface area (Å²) in [6, 6.07) is 0. The molecule has 1 aliphatic carbocycles. The van der Waals surface area contributed by atoms with Crippen LogP contribution in [0.1, 0.15) is 45.4 Å².